The number of aromatic amines is 1. The molecule has 0 saturated heterocycles. The number of hydrogen-bond acceptors (Lipinski definition) is 4. The van der Waals surface area contributed by atoms with E-state index >= 15 is 0 Å². The number of rotatable bonds is 6. The van der Waals surface area contributed by atoms with Crippen LogP contribution in [0.4, 0.5) is 5.69 Å². The summed E-state index contributed by atoms with van der Waals surface area (Å²) < 4.78 is 0. The van der Waals surface area contributed by atoms with Crippen molar-refractivity contribution in [2.45, 2.75) is 39.0 Å². The Hall–Kier alpha value is -3.02. The van der Waals surface area contributed by atoms with Gasteiger partial charge in [0, 0.05) is 5.69 Å². The summed E-state index contributed by atoms with van der Waals surface area (Å²) in [7, 11) is 0. The summed E-state index contributed by atoms with van der Waals surface area (Å²) in [6.07, 6.45) is 0.510. The first-order chi connectivity index (χ1) is 12.5. The highest BCUT2D eigenvalue weighted by atomic mass is 16.1. The molecule has 3 aromatic rings. The van der Waals surface area contributed by atoms with Gasteiger partial charge in [-0.05, 0) is 42.5 Å². The topological polar surface area (TPSA) is 83.6 Å². The van der Waals surface area contributed by atoms with Gasteiger partial charge in [-0.15, -0.1) is 10.2 Å². The number of anilines is 1. The van der Waals surface area contributed by atoms with E-state index in [1.807, 2.05) is 55.5 Å². The Morgan fingerprint density at radius 3 is 2.35 bits per heavy atom. The van der Waals surface area contributed by atoms with E-state index in [1.165, 1.54) is 11.1 Å². The number of nitrogens with zero attached hydrogens (tertiary/aromatic N) is 3. The lowest BCUT2D eigenvalue weighted by Crippen LogP contribution is -2.24. The van der Waals surface area contributed by atoms with Gasteiger partial charge in [0.25, 0.3) is 0 Å². The van der Waals surface area contributed by atoms with Crippen LogP contribution in [-0.2, 0) is 11.2 Å². The molecule has 134 valence electrons. The van der Waals surface area contributed by atoms with Gasteiger partial charge in [0.05, 0.1) is 0 Å². The third kappa shape index (κ3) is 4.33. The fraction of sp³-hybridized carbons (Fsp3) is 0.300. The summed E-state index contributed by atoms with van der Waals surface area (Å²) in [5.41, 5.74) is 4.23. The average molecular weight is 349 g/mol. The lowest BCUT2D eigenvalue weighted by atomic mass is 9.97. The van der Waals surface area contributed by atoms with Crippen LogP contribution < -0.4 is 5.32 Å². The number of tetrazole rings is 1. The van der Waals surface area contributed by atoms with Gasteiger partial charge >= 0.3 is 0 Å². The molecule has 6 nitrogen and oxygen atoms in total. The molecule has 3 rings (SSSR count). The van der Waals surface area contributed by atoms with Gasteiger partial charge in [0.15, 0.2) is 5.82 Å². The second-order valence-electron chi connectivity index (χ2n) is 6.78. The highest BCUT2D eigenvalue weighted by Crippen LogP contribution is 2.22. The maximum Gasteiger partial charge on any atom is 0.235 e. The molecular weight excluding hydrogens is 326 g/mol. The number of benzene rings is 2. The molecule has 1 amide bonds. The minimum absolute atomic E-state index is 0.149. The van der Waals surface area contributed by atoms with Crippen LogP contribution in [0, 0.1) is 6.92 Å². The standard InChI is InChI=1S/C20H23N5O/c1-13(2)16-8-10-17(11-9-16)21-20(26)18(19-22-24-25-23-19)12-15-6-4-14(3)5-7-15/h4-11,13,18H,12H2,1-3H3,(H,21,26)(H,22,23,24,25)/t18-/m0/s1. The van der Waals surface area contributed by atoms with Gasteiger partial charge in [0.1, 0.15) is 5.92 Å². The van der Waals surface area contributed by atoms with Crippen molar-refractivity contribution in [1.29, 1.82) is 0 Å². The number of carbonyl (C=O) groups excluding carboxylic acids is 1. The van der Waals surface area contributed by atoms with Crippen LogP contribution in [0.5, 0.6) is 0 Å². The predicted molar refractivity (Wildman–Crippen MR) is 101 cm³/mol. The molecule has 0 fully saturated rings. The van der Waals surface area contributed by atoms with Crippen molar-refractivity contribution < 1.29 is 4.79 Å². The Bertz CT molecular complexity index is 839. The maximum atomic E-state index is 12.9. The molecule has 1 aromatic heterocycles. The maximum absolute atomic E-state index is 12.9. The van der Waals surface area contributed by atoms with Crippen molar-refractivity contribution in [2.75, 3.05) is 5.32 Å². The second kappa shape index (κ2) is 7.91. The second-order valence-corrected chi connectivity index (χ2v) is 6.78. The summed E-state index contributed by atoms with van der Waals surface area (Å²) in [6.45, 7) is 6.32. The van der Waals surface area contributed by atoms with E-state index in [4.69, 9.17) is 0 Å². The normalized spacial score (nSPS) is 12.2. The Balaban J connectivity index is 1.77. The molecule has 1 heterocycles. The third-order valence-corrected chi connectivity index (χ3v) is 4.40. The van der Waals surface area contributed by atoms with E-state index in [0.29, 0.717) is 18.2 Å². The fourth-order valence-corrected chi connectivity index (χ4v) is 2.76. The molecule has 0 spiro atoms. The van der Waals surface area contributed by atoms with Crippen molar-refractivity contribution >= 4 is 11.6 Å². The first-order valence-corrected chi connectivity index (χ1v) is 8.72. The minimum atomic E-state index is -0.513. The molecule has 6 heteroatoms. The van der Waals surface area contributed by atoms with E-state index in [2.05, 4.69) is 39.8 Å². The number of nitrogens with one attached hydrogen (secondary N) is 2. The highest BCUT2D eigenvalue weighted by molar-refractivity contribution is 5.95. The lowest BCUT2D eigenvalue weighted by Gasteiger charge is -2.14. The molecule has 0 unspecified atom stereocenters. The Morgan fingerprint density at radius 1 is 1.08 bits per heavy atom. The summed E-state index contributed by atoms with van der Waals surface area (Å²) >= 11 is 0. The predicted octanol–water partition coefficient (Wildman–Crippen LogP) is 3.60. The summed E-state index contributed by atoms with van der Waals surface area (Å²) in [5, 5.41) is 17.0. The average Bonchev–Trinajstić information content (AvgIpc) is 3.16. The molecule has 2 aromatic carbocycles. The molecule has 0 bridgehead atoms. The van der Waals surface area contributed by atoms with Gasteiger partial charge in [-0.3, -0.25) is 4.79 Å². The van der Waals surface area contributed by atoms with Gasteiger partial charge in [-0.1, -0.05) is 61.0 Å². The summed E-state index contributed by atoms with van der Waals surface area (Å²) in [5.74, 6) is 0.181. The number of carbonyl (C=O) groups is 1. The molecule has 0 aliphatic carbocycles. The molecule has 0 aliphatic rings. The summed E-state index contributed by atoms with van der Waals surface area (Å²) in [6, 6.07) is 16.0. The quantitative estimate of drug-likeness (QED) is 0.712. The number of aromatic nitrogens is 4. The smallest absolute Gasteiger partial charge is 0.235 e. The van der Waals surface area contributed by atoms with Gasteiger partial charge in [-0.25, -0.2) is 0 Å². The zero-order valence-electron chi connectivity index (χ0n) is 15.2. The molecule has 0 aliphatic heterocycles. The summed E-state index contributed by atoms with van der Waals surface area (Å²) in [4.78, 5) is 12.9. The van der Waals surface area contributed by atoms with E-state index in [-0.39, 0.29) is 5.91 Å². The monoisotopic (exact) mass is 349 g/mol. The van der Waals surface area contributed by atoms with Crippen LogP contribution in [0.15, 0.2) is 48.5 Å². The number of H-pyrrole nitrogens is 1. The van der Waals surface area contributed by atoms with Gasteiger partial charge < -0.3 is 5.32 Å². The molecule has 0 saturated carbocycles. The van der Waals surface area contributed by atoms with E-state index in [9.17, 15) is 4.79 Å². The van der Waals surface area contributed by atoms with E-state index < -0.39 is 5.92 Å². The first-order valence-electron chi connectivity index (χ1n) is 8.72. The largest absolute Gasteiger partial charge is 0.325 e. The zero-order valence-corrected chi connectivity index (χ0v) is 15.2. The van der Waals surface area contributed by atoms with Crippen LogP contribution in [0.1, 0.15) is 48.2 Å². The third-order valence-electron chi connectivity index (χ3n) is 4.40. The number of hydrogen-bond donors (Lipinski definition) is 2. The SMILES string of the molecule is Cc1ccc(C[C@H](C(=O)Nc2ccc(C(C)C)cc2)c2nn[nH]n2)cc1. The Kier molecular flexibility index (Phi) is 5.41. The van der Waals surface area contributed by atoms with E-state index in [1.54, 1.807) is 0 Å². The molecule has 1 atom stereocenters. The fourth-order valence-electron chi connectivity index (χ4n) is 2.76. The van der Waals surface area contributed by atoms with Crippen LogP contribution in [-0.4, -0.2) is 26.5 Å². The van der Waals surface area contributed by atoms with Crippen molar-refractivity contribution in [3.63, 3.8) is 0 Å². The van der Waals surface area contributed by atoms with Gasteiger partial charge in [0.2, 0.25) is 5.91 Å². The molecule has 2 N–H and O–H groups in total. The molecular formula is C20H23N5O. The van der Waals surface area contributed by atoms with Crippen molar-refractivity contribution in [3.8, 4) is 0 Å². The van der Waals surface area contributed by atoms with Crippen LogP contribution in [0.2, 0.25) is 0 Å². The molecule has 0 radical (unpaired) electrons. The van der Waals surface area contributed by atoms with Crippen molar-refractivity contribution in [2.24, 2.45) is 0 Å². The lowest BCUT2D eigenvalue weighted by molar-refractivity contribution is -0.117. The van der Waals surface area contributed by atoms with Crippen LogP contribution >= 0.6 is 0 Å². The van der Waals surface area contributed by atoms with Crippen molar-refractivity contribution in [1.82, 2.24) is 20.6 Å². The number of amides is 1. The highest BCUT2D eigenvalue weighted by Gasteiger charge is 2.25. The Morgan fingerprint density at radius 2 is 1.77 bits per heavy atom. The molecule has 26 heavy (non-hydrogen) atoms. The zero-order chi connectivity index (χ0) is 18.5. The van der Waals surface area contributed by atoms with Crippen molar-refractivity contribution in [3.05, 3.63) is 71.0 Å². The first kappa shape index (κ1) is 17.8. The van der Waals surface area contributed by atoms with Gasteiger partial charge in [-0.2, -0.15) is 5.21 Å². The van der Waals surface area contributed by atoms with Crippen LogP contribution in [0.25, 0.3) is 0 Å². The minimum Gasteiger partial charge on any atom is -0.325 e. The van der Waals surface area contributed by atoms with Crippen LogP contribution in [0.3, 0.4) is 0 Å². The Labute approximate surface area is 153 Å². The van der Waals surface area contributed by atoms with E-state index in [0.717, 1.165) is 11.3 Å². The number of aryl methyl sites for hydroxylation is 1.